The predicted octanol–water partition coefficient (Wildman–Crippen LogP) is 1.31. The van der Waals surface area contributed by atoms with Crippen molar-refractivity contribution in [1.82, 2.24) is 10.2 Å². The molecule has 20 heavy (non-hydrogen) atoms. The number of benzene rings is 1. The molecule has 1 aromatic heterocycles. The van der Waals surface area contributed by atoms with Gasteiger partial charge in [-0.05, 0) is 26.0 Å². The second-order valence-electron chi connectivity index (χ2n) is 4.64. The molecule has 0 fully saturated rings. The van der Waals surface area contributed by atoms with Gasteiger partial charge in [0.2, 0.25) is 5.03 Å². The maximum atomic E-state index is 12.6. The van der Waals surface area contributed by atoms with Crippen molar-refractivity contribution in [1.29, 1.82) is 0 Å². The summed E-state index contributed by atoms with van der Waals surface area (Å²) in [6.07, 6.45) is 0. The van der Waals surface area contributed by atoms with Crippen LogP contribution in [0.25, 0.3) is 0 Å². The normalized spacial score (nSPS) is 11.6. The topological polar surface area (TPSA) is 92.1 Å². The van der Waals surface area contributed by atoms with Crippen molar-refractivity contribution < 1.29 is 8.42 Å². The summed E-state index contributed by atoms with van der Waals surface area (Å²) >= 11 is 0. The molecule has 0 atom stereocenters. The van der Waals surface area contributed by atoms with E-state index >= 15 is 0 Å². The molecule has 0 aliphatic rings. The molecule has 0 spiro atoms. The largest absolute Gasteiger partial charge is 0.326 e. The Hall–Kier alpha value is -1.86. The summed E-state index contributed by atoms with van der Waals surface area (Å²) in [6, 6.07) is 7.24. The summed E-state index contributed by atoms with van der Waals surface area (Å²) < 4.78 is 26.4. The minimum atomic E-state index is -3.72. The zero-order valence-corrected chi connectivity index (χ0v) is 12.5. The van der Waals surface area contributed by atoms with Gasteiger partial charge in [-0.1, -0.05) is 17.7 Å². The van der Waals surface area contributed by atoms with E-state index in [2.05, 4.69) is 10.2 Å². The zero-order chi connectivity index (χ0) is 14.9. The van der Waals surface area contributed by atoms with E-state index in [-0.39, 0.29) is 11.6 Å². The van der Waals surface area contributed by atoms with E-state index in [9.17, 15) is 8.42 Å². The molecule has 0 aliphatic carbocycles. The highest BCUT2D eigenvalue weighted by atomic mass is 32.2. The lowest BCUT2D eigenvalue weighted by atomic mass is 10.2. The van der Waals surface area contributed by atoms with Gasteiger partial charge in [0.15, 0.2) is 0 Å². The van der Waals surface area contributed by atoms with E-state index < -0.39 is 10.0 Å². The van der Waals surface area contributed by atoms with Gasteiger partial charge in [-0.3, -0.25) is 9.40 Å². The molecule has 108 valence electrons. The predicted molar refractivity (Wildman–Crippen MR) is 78.0 cm³/mol. The fourth-order valence-corrected chi connectivity index (χ4v) is 3.27. The van der Waals surface area contributed by atoms with Crippen LogP contribution in [0.3, 0.4) is 0 Å². The van der Waals surface area contributed by atoms with Crippen LogP contribution in [0.4, 0.5) is 5.69 Å². The van der Waals surface area contributed by atoms with Crippen molar-refractivity contribution in [3.05, 3.63) is 41.1 Å². The van der Waals surface area contributed by atoms with Crippen LogP contribution >= 0.6 is 0 Å². The molecule has 6 nitrogen and oxygen atoms in total. The molecule has 1 aromatic carbocycles. The molecule has 0 amide bonds. The first-order valence-corrected chi connectivity index (χ1v) is 7.61. The number of nitrogens with two attached hydrogens (primary N) is 1. The van der Waals surface area contributed by atoms with Crippen molar-refractivity contribution in [2.24, 2.45) is 5.73 Å². The SMILES string of the molecule is Cc1ccc(N(C)S(=O)(=O)c2n[nH]c(C)c2CN)cc1. The van der Waals surface area contributed by atoms with Crippen LogP contribution in [0.1, 0.15) is 16.8 Å². The molecule has 2 aromatic rings. The first-order valence-electron chi connectivity index (χ1n) is 6.17. The fourth-order valence-electron chi connectivity index (χ4n) is 1.91. The van der Waals surface area contributed by atoms with Gasteiger partial charge in [0.25, 0.3) is 10.0 Å². The summed E-state index contributed by atoms with van der Waals surface area (Å²) in [6.45, 7) is 3.82. The quantitative estimate of drug-likeness (QED) is 0.889. The molecular weight excluding hydrogens is 276 g/mol. The van der Waals surface area contributed by atoms with Crippen LogP contribution in [0.5, 0.6) is 0 Å². The molecule has 2 rings (SSSR count). The summed E-state index contributed by atoms with van der Waals surface area (Å²) in [7, 11) is -2.21. The van der Waals surface area contributed by atoms with E-state index in [1.165, 1.54) is 11.4 Å². The lowest BCUT2D eigenvalue weighted by Gasteiger charge is -2.18. The second kappa shape index (κ2) is 5.26. The third kappa shape index (κ3) is 2.41. The van der Waals surface area contributed by atoms with Crippen LogP contribution in [0, 0.1) is 13.8 Å². The summed E-state index contributed by atoms with van der Waals surface area (Å²) in [5, 5.41) is 6.55. The number of rotatable bonds is 4. The molecule has 0 aliphatic heterocycles. The van der Waals surface area contributed by atoms with Crippen LogP contribution < -0.4 is 10.0 Å². The Morgan fingerprint density at radius 3 is 2.40 bits per heavy atom. The standard InChI is InChI=1S/C13H18N4O2S/c1-9-4-6-11(7-5-9)17(3)20(18,19)13-12(8-14)10(2)15-16-13/h4-7H,8,14H2,1-3H3,(H,15,16). The van der Waals surface area contributed by atoms with Gasteiger partial charge in [-0.2, -0.15) is 13.5 Å². The lowest BCUT2D eigenvalue weighted by molar-refractivity contribution is 0.589. The number of hydrogen-bond donors (Lipinski definition) is 2. The Kier molecular flexibility index (Phi) is 3.82. The number of sulfonamides is 1. The van der Waals surface area contributed by atoms with E-state index in [1.807, 2.05) is 19.1 Å². The van der Waals surface area contributed by atoms with E-state index in [0.29, 0.717) is 16.9 Å². The number of aryl methyl sites for hydroxylation is 2. The number of aromatic nitrogens is 2. The molecule has 1 heterocycles. The van der Waals surface area contributed by atoms with E-state index in [0.717, 1.165) is 5.56 Å². The molecule has 3 N–H and O–H groups in total. The van der Waals surface area contributed by atoms with Crippen molar-refractivity contribution in [2.75, 3.05) is 11.4 Å². The monoisotopic (exact) mass is 294 g/mol. The van der Waals surface area contributed by atoms with Crippen LogP contribution in [0.15, 0.2) is 29.3 Å². The molecule has 7 heteroatoms. The number of nitrogens with zero attached hydrogens (tertiary/aromatic N) is 2. The summed E-state index contributed by atoms with van der Waals surface area (Å²) in [5.41, 5.74) is 8.45. The van der Waals surface area contributed by atoms with Crippen LogP contribution in [-0.2, 0) is 16.6 Å². The molecule has 0 saturated carbocycles. The smallest absolute Gasteiger partial charge is 0.283 e. The number of anilines is 1. The van der Waals surface area contributed by atoms with Gasteiger partial charge >= 0.3 is 0 Å². The lowest BCUT2D eigenvalue weighted by Crippen LogP contribution is -2.28. The van der Waals surface area contributed by atoms with Crippen molar-refractivity contribution >= 4 is 15.7 Å². The molecule has 0 bridgehead atoms. The molecular formula is C13H18N4O2S. The van der Waals surface area contributed by atoms with Crippen molar-refractivity contribution in [2.45, 2.75) is 25.4 Å². The molecule has 0 saturated heterocycles. The average Bonchev–Trinajstić information content (AvgIpc) is 2.80. The highest BCUT2D eigenvalue weighted by Gasteiger charge is 2.27. The van der Waals surface area contributed by atoms with Gasteiger partial charge in [0.1, 0.15) is 0 Å². The number of H-pyrrole nitrogens is 1. The van der Waals surface area contributed by atoms with E-state index in [1.54, 1.807) is 19.1 Å². The summed E-state index contributed by atoms with van der Waals surface area (Å²) in [4.78, 5) is 0. The minimum Gasteiger partial charge on any atom is -0.326 e. The van der Waals surface area contributed by atoms with Crippen LogP contribution in [0.2, 0.25) is 0 Å². The highest BCUT2D eigenvalue weighted by molar-refractivity contribution is 7.92. The molecule has 0 radical (unpaired) electrons. The maximum Gasteiger partial charge on any atom is 0.283 e. The summed E-state index contributed by atoms with van der Waals surface area (Å²) in [5.74, 6) is 0. The van der Waals surface area contributed by atoms with Gasteiger partial charge in [-0.15, -0.1) is 0 Å². The average molecular weight is 294 g/mol. The van der Waals surface area contributed by atoms with Crippen molar-refractivity contribution in [3.8, 4) is 0 Å². The second-order valence-corrected chi connectivity index (χ2v) is 6.53. The fraction of sp³-hybridized carbons (Fsp3) is 0.308. The van der Waals surface area contributed by atoms with Gasteiger partial charge in [-0.25, -0.2) is 0 Å². The van der Waals surface area contributed by atoms with Crippen molar-refractivity contribution in [3.63, 3.8) is 0 Å². The Balaban J connectivity index is 2.46. The van der Waals surface area contributed by atoms with Gasteiger partial charge in [0.05, 0.1) is 5.69 Å². The first kappa shape index (κ1) is 14.5. The Bertz CT molecular complexity index is 704. The number of aromatic amines is 1. The van der Waals surface area contributed by atoms with Gasteiger partial charge in [0, 0.05) is 24.8 Å². The Labute approximate surface area is 118 Å². The Morgan fingerprint density at radius 2 is 1.85 bits per heavy atom. The maximum absolute atomic E-state index is 12.6. The third-order valence-corrected chi connectivity index (χ3v) is 5.00. The highest BCUT2D eigenvalue weighted by Crippen LogP contribution is 2.24. The minimum absolute atomic E-state index is 0.0134. The number of hydrogen-bond acceptors (Lipinski definition) is 4. The van der Waals surface area contributed by atoms with Gasteiger partial charge < -0.3 is 5.73 Å². The van der Waals surface area contributed by atoms with E-state index in [4.69, 9.17) is 5.73 Å². The Morgan fingerprint density at radius 1 is 1.25 bits per heavy atom. The zero-order valence-electron chi connectivity index (χ0n) is 11.7. The third-order valence-electron chi connectivity index (χ3n) is 3.24. The first-order chi connectivity index (χ1) is 9.37. The number of nitrogens with one attached hydrogen (secondary N) is 1. The van der Waals surface area contributed by atoms with Crippen LogP contribution in [-0.4, -0.2) is 25.7 Å². The molecule has 0 unspecified atom stereocenters.